The second-order valence-corrected chi connectivity index (χ2v) is 5.78. The molecule has 0 saturated carbocycles. The first-order chi connectivity index (χ1) is 12.3. The average molecular weight is 369 g/mol. The first-order valence-electron chi connectivity index (χ1n) is 8.00. The van der Waals surface area contributed by atoms with E-state index in [1.807, 2.05) is 0 Å². The molecule has 0 radical (unpaired) electrons. The molecule has 2 aromatic rings. The third-order valence-corrected chi connectivity index (χ3v) is 3.91. The predicted molar refractivity (Wildman–Crippen MR) is 88.9 cm³/mol. The van der Waals surface area contributed by atoms with Gasteiger partial charge in [-0.1, -0.05) is 24.3 Å². The van der Waals surface area contributed by atoms with E-state index >= 15 is 0 Å². The molecule has 0 aliphatic rings. The van der Waals surface area contributed by atoms with Crippen LogP contribution in [0.4, 0.5) is 17.6 Å². The molecule has 1 amide bonds. The molecule has 0 aromatic heterocycles. The third-order valence-electron chi connectivity index (χ3n) is 3.91. The normalized spacial score (nSPS) is 12.7. The molecule has 2 rings (SSSR count). The summed E-state index contributed by atoms with van der Waals surface area (Å²) in [6.45, 7) is 0.172. The number of benzene rings is 2. The minimum atomic E-state index is -4.37. The largest absolute Gasteiger partial charge is 0.416 e. The summed E-state index contributed by atoms with van der Waals surface area (Å²) in [7, 11) is 1.46. The number of rotatable bonds is 7. The molecule has 140 valence electrons. The van der Waals surface area contributed by atoms with E-state index < -0.39 is 23.7 Å². The van der Waals surface area contributed by atoms with Gasteiger partial charge in [0.2, 0.25) is 5.91 Å². The second kappa shape index (κ2) is 8.80. The van der Waals surface area contributed by atoms with E-state index in [-0.39, 0.29) is 18.9 Å². The highest BCUT2D eigenvalue weighted by molar-refractivity contribution is 5.76. The van der Waals surface area contributed by atoms with Gasteiger partial charge in [-0.2, -0.15) is 13.2 Å². The van der Waals surface area contributed by atoms with Gasteiger partial charge in [-0.15, -0.1) is 0 Å². The summed E-state index contributed by atoms with van der Waals surface area (Å²) in [5, 5.41) is 2.69. The summed E-state index contributed by atoms with van der Waals surface area (Å²) in [5.41, 5.74) is 0.529. The van der Waals surface area contributed by atoms with E-state index in [4.69, 9.17) is 4.74 Å². The van der Waals surface area contributed by atoms with E-state index in [9.17, 15) is 22.4 Å². The van der Waals surface area contributed by atoms with Crippen molar-refractivity contribution in [2.45, 2.75) is 25.1 Å². The molecular formula is C19H19F4NO2. The van der Waals surface area contributed by atoms with E-state index in [1.165, 1.54) is 31.4 Å². The Labute approximate surface area is 149 Å². The fraction of sp³-hybridized carbons (Fsp3) is 0.316. The lowest BCUT2D eigenvalue weighted by molar-refractivity contribution is -0.137. The highest BCUT2D eigenvalue weighted by atomic mass is 19.4. The molecule has 0 spiro atoms. The number of hydrogen-bond acceptors (Lipinski definition) is 2. The zero-order valence-electron chi connectivity index (χ0n) is 14.1. The topological polar surface area (TPSA) is 38.3 Å². The van der Waals surface area contributed by atoms with Crippen molar-refractivity contribution in [3.8, 4) is 0 Å². The van der Waals surface area contributed by atoms with Crippen molar-refractivity contribution in [3.63, 3.8) is 0 Å². The van der Waals surface area contributed by atoms with Crippen molar-refractivity contribution in [2.24, 2.45) is 0 Å². The number of methoxy groups -OCH3 is 1. The summed E-state index contributed by atoms with van der Waals surface area (Å²) >= 11 is 0. The summed E-state index contributed by atoms with van der Waals surface area (Å²) in [4.78, 5) is 11.9. The maximum atomic E-state index is 13.3. The van der Waals surface area contributed by atoms with Gasteiger partial charge in [0, 0.05) is 20.1 Å². The fourth-order valence-corrected chi connectivity index (χ4v) is 2.46. The zero-order chi connectivity index (χ0) is 19.2. The van der Waals surface area contributed by atoms with Gasteiger partial charge in [0.15, 0.2) is 0 Å². The Morgan fingerprint density at radius 3 is 2.42 bits per heavy atom. The first kappa shape index (κ1) is 19.9. The molecular weight excluding hydrogens is 350 g/mol. The van der Waals surface area contributed by atoms with E-state index in [1.54, 1.807) is 12.1 Å². The maximum Gasteiger partial charge on any atom is 0.416 e. The van der Waals surface area contributed by atoms with Crippen molar-refractivity contribution >= 4 is 5.91 Å². The molecule has 26 heavy (non-hydrogen) atoms. The zero-order valence-corrected chi connectivity index (χ0v) is 14.1. The Balaban J connectivity index is 1.83. The summed E-state index contributed by atoms with van der Waals surface area (Å²) in [5.74, 6) is -0.651. The van der Waals surface area contributed by atoms with Crippen LogP contribution in [-0.4, -0.2) is 19.6 Å². The van der Waals surface area contributed by atoms with Gasteiger partial charge in [-0.05, 0) is 41.8 Å². The van der Waals surface area contributed by atoms with Crippen LogP contribution in [0.2, 0.25) is 0 Å². The van der Waals surface area contributed by atoms with Crippen molar-refractivity contribution in [1.29, 1.82) is 0 Å². The van der Waals surface area contributed by atoms with Gasteiger partial charge >= 0.3 is 6.18 Å². The van der Waals surface area contributed by atoms with Crippen LogP contribution >= 0.6 is 0 Å². The standard InChI is InChI=1S/C19H19F4NO2/c1-26-17(14-3-2-4-16(20)11-14)12-24-18(25)10-7-13-5-8-15(9-6-13)19(21,22)23/h2-6,8-9,11,17H,7,10,12H2,1H3,(H,24,25)/t17-/m1/s1. The number of carbonyl (C=O) groups excluding carboxylic acids is 1. The van der Waals surface area contributed by atoms with Crippen LogP contribution in [0.15, 0.2) is 48.5 Å². The number of ether oxygens (including phenoxy) is 1. The Morgan fingerprint density at radius 2 is 1.85 bits per heavy atom. The molecule has 0 aliphatic carbocycles. The number of hydrogen-bond donors (Lipinski definition) is 1. The number of alkyl halides is 3. The number of nitrogens with one attached hydrogen (secondary N) is 1. The second-order valence-electron chi connectivity index (χ2n) is 5.78. The number of amides is 1. The maximum absolute atomic E-state index is 13.3. The lowest BCUT2D eigenvalue weighted by Crippen LogP contribution is -2.29. The van der Waals surface area contributed by atoms with Crippen LogP contribution < -0.4 is 5.32 Å². The number of aryl methyl sites for hydroxylation is 1. The Bertz CT molecular complexity index is 729. The molecule has 0 saturated heterocycles. The predicted octanol–water partition coefficient (Wildman–Crippen LogP) is 4.28. The molecule has 3 nitrogen and oxygen atoms in total. The first-order valence-corrected chi connectivity index (χ1v) is 8.00. The highest BCUT2D eigenvalue weighted by Gasteiger charge is 2.29. The van der Waals surface area contributed by atoms with E-state index in [0.29, 0.717) is 17.5 Å². The van der Waals surface area contributed by atoms with Crippen LogP contribution in [0.1, 0.15) is 29.2 Å². The number of halogens is 4. The van der Waals surface area contributed by atoms with Gasteiger partial charge in [0.05, 0.1) is 11.7 Å². The molecule has 0 aliphatic heterocycles. The quantitative estimate of drug-likeness (QED) is 0.740. The highest BCUT2D eigenvalue weighted by Crippen LogP contribution is 2.29. The lowest BCUT2D eigenvalue weighted by atomic mass is 10.1. The minimum absolute atomic E-state index is 0.130. The minimum Gasteiger partial charge on any atom is -0.375 e. The average Bonchev–Trinajstić information content (AvgIpc) is 2.60. The molecule has 1 N–H and O–H groups in total. The lowest BCUT2D eigenvalue weighted by Gasteiger charge is -2.16. The monoisotopic (exact) mass is 369 g/mol. The molecule has 0 bridgehead atoms. The third kappa shape index (κ3) is 5.84. The smallest absolute Gasteiger partial charge is 0.375 e. The van der Waals surface area contributed by atoms with Crippen LogP contribution in [0, 0.1) is 5.82 Å². The Kier molecular flexibility index (Phi) is 6.74. The van der Waals surface area contributed by atoms with Crippen LogP contribution in [0.25, 0.3) is 0 Å². The summed E-state index contributed by atoms with van der Waals surface area (Å²) < 4.78 is 56.0. The van der Waals surface area contributed by atoms with Gasteiger partial charge in [0.1, 0.15) is 5.82 Å². The molecule has 0 fully saturated rings. The van der Waals surface area contributed by atoms with E-state index in [2.05, 4.69) is 5.32 Å². The van der Waals surface area contributed by atoms with Crippen molar-refractivity contribution in [1.82, 2.24) is 5.32 Å². The van der Waals surface area contributed by atoms with Gasteiger partial charge < -0.3 is 10.1 Å². The van der Waals surface area contributed by atoms with E-state index in [0.717, 1.165) is 12.1 Å². The van der Waals surface area contributed by atoms with Gasteiger partial charge in [-0.3, -0.25) is 4.79 Å². The van der Waals surface area contributed by atoms with Crippen LogP contribution in [0.5, 0.6) is 0 Å². The SMILES string of the molecule is CO[C@H](CNC(=O)CCc1ccc(C(F)(F)F)cc1)c1cccc(F)c1. The molecule has 0 heterocycles. The molecule has 0 unspecified atom stereocenters. The van der Waals surface area contributed by atoms with Crippen LogP contribution in [0.3, 0.4) is 0 Å². The molecule has 7 heteroatoms. The van der Waals surface area contributed by atoms with Gasteiger partial charge in [0.25, 0.3) is 0 Å². The Hall–Kier alpha value is -2.41. The van der Waals surface area contributed by atoms with Crippen molar-refractivity contribution < 1.29 is 27.1 Å². The summed E-state index contributed by atoms with van der Waals surface area (Å²) in [6.07, 6.45) is -4.41. The Morgan fingerprint density at radius 1 is 1.15 bits per heavy atom. The fourth-order valence-electron chi connectivity index (χ4n) is 2.46. The van der Waals surface area contributed by atoms with Crippen molar-refractivity contribution in [3.05, 3.63) is 71.0 Å². The number of carbonyl (C=O) groups is 1. The van der Waals surface area contributed by atoms with Gasteiger partial charge in [-0.25, -0.2) is 4.39 Å². The van der Waals surface area contributed by atoms with Crippen LogP contribution in [-0.2, 0) is 22.1 Å². The van der Waals surface area contributed by atoms with Crippen molar-refractivity contribution in [2.75, 3.05) is 13.7 Å². The molecule has 2 aromatic carbocycles. The molecule has 1 atom stereocenters. The summed E-state index contributed by atoms with van der Waals surface area (Å²) in [6, 6.07) is 10.6.